The van der Waals surface area contributed by atoms with Crippen LogP contribution in [0.4, 0.5) is 11.4 Å². The zero-order valence-corrected chi connectivity index (χ0v) is 20.1. The van der Waals surface area contributed by atoms with Crippen LogP contribution in [0.25, 0.3) is 0 Å². The lowest BCUT2D eigenvalue weighted by Crippen LogP contribution is -2.54. The van der Waals surface area contributed by atoms with Crippen molar-refractivity contribution < 1.29 is 23.9 Å². The molecule has 4 aliphatic heterocycles. The Balaban J connectivity index is 1.46. The lowest BCUT2D eigenvalue weighted by Gasteiger charge is -2.36. The van der Waals surface area contributed by atoms with E-state index in [-0.39, 0.29) is 24.5 Å². The van der Waals surface area contributed by atoms with Gasteiger partial charge in [0.1, 0.15) is 5.54 Å². The predicted octanol–water partition coefficient (Wildman–Crippen LogP) is 3.26. The standard InChI is InChI=1S/C26H24ClN3O5/c1-3-35-24(33)14-6-8-15(9-7-14)30-22(31)19-18-5-4-12-29(18)26(20(19)23(30)32)16-10-11-17(27)13(2)21(16)28-25(26)34/h6-11,18-20H,3-5,12H2,1-2H3,(H,28,34). The maximum absolute atomic E-state index is 14.0. The lowest BCUT2D eigenvalue weighted by molar-refractivity contribution is -0.135. The molecule has 0 bridgehead atoms. The maximum atomic E-state index is 14.0. The fourth-order valence-electron chi connectivity index (χ4n) is 6.61. The van der Waals surface area contributed by atoms with Gasteiger partial charge >= 0.3 is 5.97 Å². The third-order valence-corrected chi connectivity index (χ3v) is 8.41. The molecule has 2 aromatic rings. The van der Waals surface area contributed by atoms with E-state index in [1.165, 1.54) is 4.90 Å². The van der Waals surface area contributed by atoms with Crippen LogP contribution in [0.5, 0.6) is 0 Å². The fourth-order valence-corrected chi connectivity index (χ4v) is 6.76. The van der Waals surface area contributed by atoms with Crippen LogP contribution in [0, 0.1) is 18.8 Å². The van der Waals surface area contributed by atoms with Gasteiger partial charge in [-0.15, -0.1) is 0 Å². The number of nitrogens with zero attached hydrogens (tertiary/aromatic N) is 2. The summed E-state index contributed by atoms with van der Waals surface area (Å²) in [6, 6.07) is 9.61. The van der Waals surface area contributed by atoms with E-state index in [2.05, 4.69) is 10.2 Å². The van der Waals surface area contributed by atoms with Crippen LogP contribution in [-0.2, 0) is 24.7 Å². The fraction of sp³-hybridized carbons (Fsp3) is 0.385. The van der Waals surface area contributed by atoms with Gasteiger partial charge in [0.05, 0.1) is 35.4 Å². The van der Waals surface area contributed by atoms with Gasteiger partial charge in [0, 0.05) is 16.6 Å². The number of hydrogen-bond donors (Lipinski definition) is 1. The Morgan fingerprint density at radius 3 is 2.60 bits per heavy atom. The Bertz CT molecular complexity index is 1310. The molecule has 180 valence electrons. The molecule has 0 aliphatic carbocycles. The summed E-state index contributed by atoms with van der Waals surface area (Å²) in [5, 5.41) is 3.52. The van der Waals surface area contributed by atoms with Gasteiger partial charge in [-0.2, -0.15) is 0 Å². The van der Waals surface area contributed by atoms with Gasteiger partial charge in [-0.25, -0.2) is 9.69 Å². The van der Waals surface area contributed by atoms with Gasteiger partial charge in [-0.05, 0) is 69.1 Å². The topological polar surface area (TPSA) is 96.0 Å². The second kappa shape index (κ2) is 7.63. The highest BCUT2D eigenvalue weighted by Gasteiger charge is 2.74. The van der Waals surface area contributed by atoms with Gasteiger partial charge in [-0.3, -0.25) is 19.3 Å². The highest BCUT2D eigenvalue weighted by atomic mass is 35.5. The number of carbonyl (C=O) groups excluding carboxylic acids is 4. The van der Waals surface area contributed by atoms with E-state index >= 15 is 0 Å². The number of amides is 3. The summed E-state index contributed by atoms with van der Waals surface area (Å²) in [4.78, 5) is 56.8. The van der Waals surface area contributed by atoms with Crippen LogP contribution >= 0.6 is 11.6 Å². The van der Waals surface area contributed by atoms with Crippen LogP contribution in [0.2, 0.25) is 5.02 Å². The van der Waals surface area contributed by atoms with Gasteiger partial charge < -0.3 is 10.1 Å². The van der Waals surface area contributed by atoms with Gasteiger partial charge in [0.25, 0.3) is 0 Å². The number of carbonyl (C=O) groups is 4. The molecule has 4 heterocycles. The Kier molecular flexibility index (Phi) is 4.85. The molecule has 4 unspecified atom stereocenters. The Morgan fingerprint density at radius 2 is 1.89 bits per heavy atom. The highest BCUT2D eigenvalue weighted by molar-refractivity contribution is 6.32. The summed E-state index contributed by atoms with van der Waals surface area (Å²) in [7, 11) is 0. The summed E-state index contributed by atoms with van der Waals surface area (Å²) in [5.74, 6) is -2.91. The minimum atomic E-state index is -1.25. The number of halogens is 1. The number of hydrogen-bond acceptors (Lipinski definition) is 6. The molecule has 3 fully saturated rings. The summed E-state index contributed by atoms with van der Waals surface area (Å²) in [5.41, 5.74) is 1.56. The second-order valence-corrected chi connectivity index (χ2v) is 9.91. The molecule has 2 aromatic carbocycles. The van der Waals surface area contributed by atoms with Crippen molar-refractivity contribution >= 4 is 46.7 Å². The van der Waals surface area contributed by atoms with Crippen molar-refractivity contribution in [2.45, 2.75) is 38.3 Å². The Hall–Kier alpha value is -3.23. The average molecular weight is 494 g/mol. The van der Waals surface area contributed by atoms with Crippen LogP contribution in [0.1, 0.15) is 41.3 Å². The molecule has 0 aromatic heterocycles. The number of esters is 1. The molecule has 8 nitrogen and oxygen atoms in total. The molecule has 1 N–H and O–H groups in total. The number of nitrogens with one attached hydrogen (secondary N) is 1. The minimum absolute atomic E-state index is 0.201. The molecule has 3 amide bonds. The molecular formula is C26H24ClN3O5. The first-order valence-corrected chi connectivity index (χ1v) is 12.2. The van der Waals surface area contributed by atoms with Gasteiger partial charge in [0.2, 0.25) is 17.7 Å². The molecule has 4 aliphatic rings. The van der Waals surface area contributed by atoms with E-state index in [9.17, 15) is 19.2 Å². The third-order valence-electron chi connectivity index (χ3n) is 8.00. The number of anilines is 2. The Labute approximate surface area is 207 Å². The predicted molar refractivity (Wildman–Crippen MR) is 128 cm³/mol. The first-order valence-electron chi connectivity index (χ1n) is 11.8. The van der Waals surface area contributed by atoms with Crippen molar-refractivity contribution in [3.05, 3.63) is 58.1 Å². The Morgan fingerprint density at radius 1 is 1.14 bits per heavy atom. The zero-order chi connectivity index (χ0) is 24.6. The molecule has 3 saturated heterocycles. The molecule has 6 rings (SSSR count). The molecule has 1 spiro atoms. The zero-order valence-electron chi connectivity index (χ0n) is 19.3. The van der Waals surface area contributed by atoms with E-state index in [1.807, 2.05) is 13.0 Å². The van der Waals surface area contributed by atoms with Crippen LogP contribution < -0.4 is 10.2 Å². The second-order valence-electron chi connectivity index (χ2n) is 9.50. The van der Waals surface area contributed by atoms with Crippen molar-refractivity contribution in [1.82, 2.24) is 4.90 Å². The molecule has 0 radical (unpaired) electrons. The average Bonchev–Trinajstić information content (AvgIpc) is 3.55. The number of imide groups is 1. The van der Waals surface area contributed by atoms with E-state index in [1.54, 1.807) is 37.3 Å². The van der Waals surface area contributed by atoms with Crippen molar-refractivity contribution in [3.63, 3.8) is 0 Å². The molecule has 9 heteroatoms. The number of fused-ring (bicyclic) bond motifs is 7. The van der Waals surface area contributed by atoms with Crippen molar-refractivity contribution in [2.24, 2.45) is 11.8 Å². The van der Waals surface area contributed by atoms with Crippen LogP contribution in [0.3, 0.4) is 0 Å². The lowest BCUT2D eigenvalue weighted by atomic mass is 9.75. The van der Waals surface area contributed by atoms with Gasteiger partial charge in [-0.1, -0.05) is 17.7 Å². The van der Waals surface area contributed by atoms with E-state index in [0.717, 1.165) is 18.4 Å². The third kappa shape index (κ3) is 2.72. The van der Waals surface area contributed by atoms with Crippen molar-refractivity contribution in [2.75, 3.05) is 23.4 Å². The monoisotopic (exact) mass is 493 g/mol. The summed E-state index contributed by atoms with van der Waals surface area (Å²) in [6.45, 7) is 4.46. The van der Waals surface area contributed by atoms with Crippen molar-refractivity contribution in [3.8, 4) is 0 Å². The quantitative estimate of drug-likeness (QED) is 0.521. The van der Waals surface area contributed by atoms with Gasteiger partial charge in [0.15, 0.2) is 0 Å². The number of ether oxygens (including phenoxy) is 1. The number of benzene rings is 2. The summed E-state index contributed by atoms with van der Waals surface area (Å²) < 4.78 is 5.02. The van der Waals surface area contributed by atoms with Crippen molar-refractivity contribution in [1.29, 1.82) is 0 Å². The van der Waals surface area contributed by atoms with Crippen LogP contribution in [-0.4, -0.2) is 47.8 Å². The maximum Gasteiger partial charge on any atom is 0.338 e. The minimum Gasteiger partial charge on any atom is -0.462 e. The number of rotatable bonds is 3. The highest BCUT2D eigenvalue weighted by Crippen LogP contribution is 2.61. The smallest absolute Gasteiger partial charge is 0.338 e. The normalized spacial score (nSPS) is 28.9. The summed E-state index contributed by atoms with van der Waals surface area (Å²) >= 11 is 6.34. The summed E-state index contributed by atoms with van der Waals surface area (Å²) in [6.07, 6.45) is 1.59. The first kappa shape index (κ1) is 22.2. The molecule has 4 atom stereocenters. The molecule has 0 saturated carbocycles. The molecule has 35 heavy (non-hydrogen) atoms. The van der Waals surface area contributed by atoms with Crippen LogP contribution in [0.15, 0.2) is 36.4 Å². The van der Waals surface area contributed by atoms with E-state index in [0.29, 0.717) is 34.1 Å². The van der Waals surface area contributed by atoms with E-state index in [4.69, 9.17) is 16.3 Å². The largest absolute Gasteiger partial charge is 0.462 e. The molecular weight excluding hydrogens is 470 g/mol. The first-order chi connectivity index (χ1) is 16.8. The SMILES string of the molecule is CCOC(=O)c1ccc(N2C(=O)C3C4CCCN4C4(C(=O)Nc5c4ccc(Cl)c5C)C3C2=O)cc1. The van der Waals surface area contributed by atoms with E-state index < -0.39 is 29.3 Å².